The third kappa shape index (κ3) is 3.67. The van der Waals surface area contributed by atoms with Gasteiger partial charge in [-0.25, -0.2) is 0 Å². The van der Waals surface area contributed by atoms with E-state index in [4.69, 9.17) is 0 Å². The molecule has 1 heterocycles. The average molecular weight is 286 g/mol. The molecule has 2 fully saturated rings. The third-order valence-corrected chi connectivity index (χ3v) is 5.37. The van der Waals surface area contributed by atoms with E-state index in [9.17, 15) is 0 Å². The lowest BCUT2D eigenvalue weighted by Gasteiger charge is -2.45. The molecule has 2 unspecified atom stereocenters. The molecule has 1 aliphatic heterocycles. The fourth-order valence-electron chi connectivity index (χ4n) is 4.26. The second-order valence-electron chi connectivity index (χ2n) is 6.83. The molecule has 1 aromatic carbocycles. The maximum Gasteiger partial charge on any atom is 0.0449 e. The van der Waals surface area contributed by atoms with E-state index >= 15 is 0 Å². The number of rotatable bonds is 4. The first kappa shape index (κ1) is 15.1. The molecule has 0 bridgehead atoms. The number of benzene rings is 1. The normalized spacial score (nSPS) is 28.6. The smallest absolute Gasteiger partial charge is 0.0449 e. The summed E-state index contributed by atoms with van der Waals surface area (Å²) in [4.78, 5) is 2.78. The summed E-state index contributed by atoms with van der Waals surface area (Å²) >= 11 is 0. The Bertz CT molecular complexity index is 411. The molecular formula is C19H30N2. The molecule has 0 radical (unpaired) electrons. The second-order valence-corrected chi connectivity index (χ2v) is 6.83. The van der Waals surface area contributed by atoms with Crippen LogP contribution in [0.15, 0.2) is 30.3 Å². The van der Waals surface area contributed by atoms with Gasteiger partial charge in [-0.3, -0.25) is 4.90 Å². The molecule has 1 N–H and O–H groups in total. The Balaban J connectivity index is 1.67. The Morgan fingerprint density at radius 1 is 1.10 bits per heavy atom. The maximum atomic E-state index is 3.83. The zero-order valence-corrected chi connectivity index (χ0v) is 13.4. The molecule has 1 aliphatic carbocycles. The van der Waals surface area contributed by atoms with Gasteiger partial charge in [-0.1, -0.05) is 56.5 Å². The van der Waals surface area contributed by atoms with E-state index in [1.165, 1.54) is 63.7 Å². The van der Waals surface area contributed by atoms with Gasteiger partial charge in [-0.2, -0.15) is 0 Å². The fourth-order valence-corrected chi connectivity index (χ4v) is 4.26. The van der Waals surface area contributed by atoms with E-state index in [1.807, 2.05) is 0 Å². The first-order valence-corrected chi connectivity index (χ1v) is 8.91. The van der Waals surface area contributed by atoms with Crippen molar-refractivity contribution in [2.24, 2.45) is 5.92 Å². The number of piperazine rings is 1. The van der Waals surface area contributed by atoms with Crippen molar-refractivity contribution in [3.8, 4) is 0 Å². The lowest BCUT2D eigenvalue weighted by molar-refractivity contribution is 0.0717. The largest absolute Gasteiger partial charge is 0.307 e. The maximum absolute atomic E-state index is 3.83. The molecule has 1 saturated carbocycles. The molecule has 2 aliphatic rings. The van der Waals surface area contributed by atoms with Gasteiger partial charge in [0.1, 0.15) is 0 Å². The van der Waals surface area contributed by atoms with Gasteiger partial charge in [0.2, 0.25) is 0 Å². The van der Waals surface area contributed by atoms with E-state index in [1.54, 1.807) is 0 Å². The standard InChI is InChI=1S/C19H30N2/c1-2-13-21-15-18(16-9-5-3-6-10-16)20-14-19(21)17-11-7-4-8-12-17/h3,5-6,9-10,17-20H,2,4,7-8,11-15H2,1H3. The van der Waals surface area contributed by atoms with Crippen LogP contribution in [0, 0.1) is 5.92 Å². The SMILES string of the molecule is CCCN1CC(c2ccccc2)NCC1C1CCCCC1. The number of nitrogens with zero attached hydrogens (tertiary/aromatic N) is 1. The molecule has 2 heteroatoms. The Hall–Kier alpha value is -0.860. The van der Waals surface area contributed by atoms with Crippen molar-refractivity contribution in [2.75, 3.05) is 19.6 Å². The Kier molecular flexibility index (Phi) is 5.32. The van der Waals surface area contributed by atoms with Crippen LogP contribution in [-0.2, 0) is 0 Å². The minimum Gasteiger partial charge on any atom is -0.307 e. The Labute approximate surface area is 129 Å². The van der Waals surface area contributed by atoms with Gasteiger partial charge in [0.05, 0.1) is 0 Å². The van der Waals surface area contributed by atoms with Crippen molar-refractivity contribution < 1.29 is 0 Å². The quantitative estimate of drug-likeness (QED) is 0.900. The van der Waals surface area contributed by atoms with E-state index in [0.717, 1.165) is 12.0 Å². The van der Waals surface area contributed by atoms with Crippen LogP contribution in [0.3, 0.4) is 0 Å². The first-order chi connectivity index (χ1) is 10.4. The summed E-state index contributed by atoms with van der Waals surface area (Å²) in [6.07, 6.45) is 8.51. The molecule has 0 amide bonds. The summed E-state index contributed by atoms with van der Waals surface area (Å²) in [7, 11) is 0. The van der Waals surface area contributed by atoms with Crippen LogP contribution in [0.2, 0.25) is 0 Å². The summed E-state index contributed by atoms with van der Waals surface area (Å²) in [5.74, 6) is 0.925. The van der Waals surface area contributed by atoms with Gasteiger partial charge >= 0.3 is 0 Å². The van der Waals surface area contributed by atoms with Crippen molar-refractivity contribution in [3.05, 3.63) is 35.9 Å². The monoisotopic (exact) mass is 286 g/mol. The Morgan fingerprint density at radius 2 is 1.86 bits per heavy atom. The molecule has 2 atom stereocenters. The molecule has 0 spiro atoms. The zero-order valence-electron chi connectivity index (χ0n) is 13.4. The topological polar surface area (TPSA) is 15.3 Å². The second kappa shape index (κ2) is 7.42. The molecule has 21 heavy (non-hydrogen) atoms. The molecular weight excluding hydrogens is 256 g/mol. The van der Waals surface area contributed by atoms with Crippen LogP contribution in [0.4, 0.5) is 0 Å². The van der Waals surface area contributed by atoms with Gasteiger partial charge in [-0.15, -0.1) is 0 Å². The molecule has 0 aromatic heterocycles. The zero-order chi connectivity index (χ0) is 14.5. The van der Waals surface area contributed by atoms with Crippen LogP contribution < -0.4 is 5.32 Å². The molecule has 116 valence electrons. The van der Waals surface area contributed by atoms with Gasteiger partial charge in [-0.05, 0) is 37.3 Å². The number of hydrogen-bond donors (Lipinski definition) is 1. The van der Waals surface area contributed by atoms with Crippen LogP contribution in [0.5, 0.6) is 0 Å². The third-order valence-electron chi connectivity index (χ3n) is 5.37. The van der Waals surface area contributed by atoms with Crippen molar-refractivity contribution in [1.29, 1.82) is 0 Å². The minimum atomic E-state index is 0.512. The summed E-state index contributed by atoms with van der Waals surface area (Å²) < 4.78 is 0. The highest BCUT2D eigenvalue weighted by molar-refractivity contribution is 5.20. The van der Waals surface area contributed by atoms with Gasteiger partial charge < -0.3 is 5.32 Å². The lowest BCUT2D eigenvalue weighted by atomic mass is 9.81. The molecule has 1 saturated heterocycles. The van der Waals surface area contributed by atoms with Crippen LogP contribution in [0.1, 0.15) is 57.1 Å². The van der Waals surface area contributed by atoms with Crippen LogP contribution >= 0.6 is 0 Å². The first-order valence-electron chi connectivity index (χ1n) is 8.91. The molecule has 1 aromatic rings. The summed E-state index contributed by atoms with van der Waals surface area (Å²) in [6, 6.07) is 12.2. The average Bonchev–Trinajstić information content (AvgIpc) is 2.57. The molecule has 2 nitrogen and oxygen atoms in total. The summed E-state index contributed by atoms with van der Waals surface area (Å²) in [5.41, 5.74) is 1.45. The van der Waals surface area contributed by atoms with Crippen molar-refractivity contribution >= 4 is 0 Å². The van der Waals surface area contributed by atoms with E-state index in [-0.39, 0.29) is 0 Å². The summed E-state index contributed by atoms with van der Waals surface area (Å²) in [6.45, 7) is 5.92. The van der Waals surface area contributed by atoms with E-state index in [0.29, 0.717) is 6.04 Å². The van der Waals surface area contributed by atoms with Gasteiger partial charge in [0.25, 0.3) is 0 Å². The van der Waals surface area contributed by atoms with Crippen LogP contribution in [0.25, 0.3) is 0 Å². The van der Waals surface area contributed by atoms with E-state index < -0.39 is 0 Å². The highest BCUT2D eigenvalue weighted by atomic mass is 15.2. The van der Waals surface area contributed by atoms with E-state index in [2.05, 4.69) is 47.5 Å². The lowest BCUT2D eigenvalue weighted by Crippen LogP contribution is -2.56. The fraction of sp³-hybridized carbons (Fsp3) is 0.684. The minimum absolute atomic E-state index is 0.512. The predicted molar refractivity (Wildman–Crippen MR) is 89.4 cm³/mol. The highest BCUT2D eigenvalue weighted by Gasteiger charge is 2.33. The van der Waals surface area contributed by atoms with Crippen molar-refractivity contribution in [3.63, 3.8) is 0 Å². The summed E-state index contributed by atoms with van der Waals surface area (Å²) in [5, 5.41) is 3.83. The van der Waals surface area contributed by atoms with Crippen molar-refractivity contribution in [2.45, 2.75) is 57.5 Å². The van der Waals surface area contributed by atoms with Gasteiger partial charge in [0, 0.05) is 25.2 Å². The Morgan fingerprint density at radius 3 is 2.57 bits per heavy atom. The number of nitrogens with one attached hydrogen (secondary N) is 1. The van der Waals surface area contributed by atoms with Gasteiger partial charge in [0.15, 0.2) is 0 Å². The molecule has 3 rings (SSSR count). The highest BCUT2D eigenvalue weighted by Crippen LogP contribution is 2.32. The predicted octanol–water partition coefficient (Wildman–Crippen LogP) is 3.99. The van der Waals surface area contributed by atoms with Crippen LogP contribution in [-0.4, -0.2) is 30.6 Å². The number of hydrogen-bond acceptors (Lipinski definition) is 2. The van der Waals surface area contributed by atoms with Crippen molar-refractivity contribution in [1.82, 2.24) is 10.2 Å².